The Balaban J connectivity index is 2.71. The monoisotopic (exact) mass is 243 g/mol. The standard InChI is InChI=1S/C15H21N3/c1-4-18(11(2)3)15-12(9-16)10-17-14-8-6-5-7-13(14)15/h5-8,10-11H,4,9,16H2,1-3H3. The number of anilines is 1. The molecule has 0 radical (unpaired) electrons. The molecule has 0 aliphatic rings. The first-order chi connectivity index (χ1) is 8.69. The highest BCUT2D eigenvalue weighted by atomic mass is 15.2. The van der Waals surface area contributed by atoms with Crippen molar-refractivity contribution in [1.29, 1.82) is 0 Å². The Hall–Kier alpha value is -1.61. The number of hydrogen-bond acceptors (Lipinski definition) is 3. The zero-order chi connectivity index (χ0) is 13.1. The van der Waals surface area contributed by atoms with E-state index in [2.05, 4.69) is 42.8 Å². The summed E-state index contributed by atoms with van der Waals surface area (Å²) in [6.45, 7) is 8.09. The molecule has 0 aliphatic heterocycles. The molecule has 2 rings (SSSR count). The molecule has 3 nitrogen and oxygen atoms in total. The third-order valence-electron chi connectivity index (χ3n) is 3.29. The summed E-state index contributed by atoms with van der Waals surface area (Å²) in [6, 6.07) is 8.70. The van der Waals surface area contributed by atoms with E-state index in [9.17, 15) is 0 Å². The maximum atomic E-state index is 5.87. The maximum absolute atomic E-state index is 5.87. The molecule has 18 heavy (non-hydrogen) atoms. The van der Waals surface area contributed by atoms with E-state index in [0.717, 1.165) is 17.6 Å². The van der Waals surface area contributed by atoms with E-state index in [1.807, 2.05) is 18.3 Å². The van der Waals surface area contributed by atoms with Crippen molar-refractivity contribution in [3.05, 3.63) is 36.0 Å². The highest BCUT2D eigenvalue weighted by Crippen LogP contribution is 2.30. The summed E-state index contributed by atoms with van der Waals surface area (Å²) in [5, 5.41) is 1.19. The topological polar surface area (TPSA) is 42.1 Å². The van der Waals surface area contributed by atoms with Gasteiger partial charge in [-0.25, -0.2) is 0 Å². The predicted molar refractivity (Wildman–Crippen MR) is 77.8 cm³/mol. The largest absolute Gasteiger partial charge is 0.369 e. The number of para-hydroxylation sites is 1. The van der Waals surface area contributed by atoms with Crippen molar-refractivity contribution in [2.75, 3.05) is 11.4 Å². The fourth-order valence-electron chi connectivity index (χ4n) is 2.44. The molecule has 1 aromatic carbocycles. The van der Waals surface area contributed by atoms with Crippen LogP contribution in [0.1, 0.15) is 26.3 Å². The number of nitrogens with two attached hydrogens (primary N) is 1. The fourth-order valence-corrected chi connectivity index (χ4v) is 2.44. The minimum Gasteiger partial charge on any atom is -0.369 e. The van der Waals surface area contributed by atoms with Crippen LogP contribution in [0.15, 0.2) is 30.5 Å². The molecule has 0 fully saturated rings. The zero-order valence-corrected chi connectivity index (χ0v) is 11.4. The first-order valence-corrected chi connectivity index (χ1v) is 6.52. The summed E-state index contributed by atoms with van der Waals surface area (Å²) in [6.07, 6.45) is 1.91. The molecule has 0 atom stereocenters. The SMILES string of the molecule is CCN(c1c(CN)cnc2ccccc12)C(C)C. The van der Waals surface area contributed by atoms with Crippen molar-refractivity contribution in [3.8, 4) is 0 Å². The fraction of sp³-hybridized carbons (Fsp3) is 0.400. The van der Waals surface area contributed by atoms with Crippen LogP contribution in [0.5, 0.6) is 0 Å². The molecule has 2 N–H and O–H groups in total. The molecule has 96 valence electrons. The number of fused-ring (bicyclic) bond motifs is 1. The molecular formula is C15H21N3. The maximum Gasteiger partial charge on any atom is 0.0723 e. The highest BCUT2D eigenvalue weighted by molar-refractivity contribution is 5.93. The third-order valence-corrected chi connectivity index (χ3v) is 3.29. The molecule has 0 saturated heterocycles. The van der Waals surface area contributed by atoms with Crippen LogP contribution in [0.3, 0.4) is 0 Å². The van der Waals surface area contributed by atoms with Gasteiger partial charge < -0.3 is 10.6 Å². The van der Waals surface area contributed by atoms with Gasteiger partial charge >= 0.3 is 0 Å². The van der Waals surface area contributed by atoms with Gasteiger partial charge in [0.15, 0.2) is 0 Å². The van der Waals surface area contributed by atoms with Crippen LogP contribution in [0.4, 0.5) is 5.69 Å². The Kier molecular flexibility index (Phi) is 3.82. The van der Waals surface area contributed by atoms with Crippen molar-refractivity contribution in [2.24, 2.45) is 5.73 Å². The lowest BCUT2D eigenvalue weighted by Gasteiger charge is -2.30. The number of rotatable bonds is 4. The van der Waals surface area contributed by atoms with E-state index >= 15 is 0 Å². The van der Waals surface area contributed by atoms with Crippen LogP contribution in [0.2, 0.25) is 0 Å². The number of nitrogens with zero attached hydrogens (tertiary/aromatic N) is 2. The van der Waals surface area contributed by atoms with E-state index in [1.165, 1.54) is 11.1 Å². The van der Waals surface area contributed by atoms with E-state index in [4.69, 9.17) is 5.73 Å². The third kappa shape index (κ3) is 2.18. The summed E-state index contributed by atoms with van der Waals surface area (Å²) in [7, 11) is 0. The lowest BCUT2D eigenvalue weighted by atomic mass is 10.1. The van der Waals surface area contributed by atoms with Gasteiger partial charge in [0.05, 0.1) is 11.2 Å². The van der Waals surface area contributed by atoms with E-state index in [0.29, 0.717) is 12.6 Å². The first-order valence-electron chi connectivity index (χ1n) is 6.52. The molecule has 0 unspecified atom stereocenters. The first kappa shape index (κ1) is 12.8. The number of benzene rings is 1. The summed E-state index contributed by atoms with van der Waals surface area (Å²) in [5.41, 5.74) is 9.25. The second-order valence-corrected chi connectivity index (χ2v) is 4.73. The summed E-state index contributed by atoms with van der Waals surface area (Å²) >= 11 is 0. The van der Waals surface area contributed by atoms with Crippen LogP contribution in [0.25, 0.3) is 10.9 Å². The highest BCUT2D eigenvalue weighted by Gasteiger charge is 2.16. The smallest absolute Gasteiger partial charge is 0.0723 e. The van der Waals surface area contributed by atoms with E-state index in [-0.39, 0.29) is 0 Å². The van der Waals surface area contributed by atoms with Gasteiger partial charge in [0, 0.05) is 36.3 Å². The normalized spacial score (nSPS) is 11.2. The van der Waals surface area contributed by atoms with Crippen molar-refractivity contribution in [3.63, 3.8) is 0 Å². The summed E-state index contributed by atoms with van der Waals surface area (Å²) < 4.78 is 0. The molecule has 1 aromatic heterocycles. The molecule has 2 aromatic rings. The molecule has 0 spiro atoms. The van der Waals surface area contributed by atoms with E-state index < -0.39 is 0 Å². The van der Waals surface area contributed by atoms with Gasteiger partial charge in [0.2, 0.25) is 0 Å². The Morgan fingerprint density at radius 1 is 1.28 bits per heavy atom. The zero-order valence-electron chi connectivity index (χ0n) is 11.4. The van der Waals surface area contributed by atoms with Gasteiger partial charge in [0.1, 0.15) is 0 Å². The second-order valence-electron chi connectivity index (χ2n) is 4.73. The van der Waals surface area contributed by atoms with Crippen LogP contribution in [-0.4, -0.2) is 17.6 Å². The van der Waals surface area contributed by atoms with Gasteiger partial charge in [0.25, 0.3) is 0 Å². The summed E-state index contributed by atoms with van der Waals surface area (Å²) in [4.78, 5) is 6.86. The molecule has 0 aliphatic carbocycles. The number of aromatic nitrogens is 1. The van der Waals surface area contributed by atoms with Gasteiger partial charge in [-0.1, -0.05) is 18.2 Å². The van der Waals surface area contributed by atoms with Gasteiger partial charge in [-0.15, -0.1) is 0 Å². The minimum absolute atomic E-state index is 0.450. The molecular weight excluding hydrogens is 222 g/mol. The number of hydrogen-bond donors (Lipinski definition) is 1. The van der Waals surface area contributed by atoms with Crippen LogP contribution >= 0.6 is 0 Å². The predicted octanol–water partition coefficient (Wildman–Crippen LogP) is 2.93. The second kappa shape index (κ2) is 5.36. The molecule has 0 bridgehead atoms. The molecule has 1 heterocycles. The van der Waals surface area contributed by atoms with E-state index in [1.54, 1.807) is 0 Å². The van der Waals surface area contributed by atoms with Crippen molar-refractivity contribution >= 4 is 16.6 Å². The van der Waals surface area contributed by atoms with Gasteiger partial charge in [-0.3, -0.25) is 4.98 Å². The van der Waals surface area contributed by atoms with Gasteiger partial charge in [-0.05, 0) is 26.8 Å². The van der Waals surface area contributed by atoms with Crippen LogP contribution < -0.4 is 10.6 Å². The quantitative estimate of drug-likeness (QED) is 0.897. The lowest BCUT2D eigenvalue weighted by molar-refractivity contribution is 0.701. The van der Waals surface area contributed by atoms with Crippen LogP contribution in [-0.2, 0) is 6.54 Å². The Bertz CT molecular complexity index is 534. The Labute approximate surface area is 109 Å². The van der Waals surface area contributed by atoms with Crippen molar-refractivity contribution < 1.29 is 0 Å². The molecule has 0 saturated carbocycles. The van der Waals surface area contributed by atoms with Crippen molar-refractivity contribution in [1.82, 2.24) is 4.98 Å². The molecule has 3 heteroatoms. The molecule has 0 amide bonds. The van der Waals surface area contributed by atoms with Crippen molar-refractivity contribution in [2.45, 2.75) is 33.4 Å². The van der Waals surface area contributed by atoms with Crippen LogP contribution in [0, 0.1) is 0 Å². The Morgan fingerprint density at radius 3 is 2.61 bits per heavy atom. The summed E-state index contributed by atoms with van der Waals surface area (Å²) in [5.74, 6) is 0. The lowest BCUT2D eigenvalue weighted by Crippen LogP contribution is -2.31. The van der Waals surface area contributed by atoms with Gasteiger partial charge in [-0.2, -0.15) is 0 Å². The average Bonchev–Trinajstić information content (AvgIpc) is 2.39. The minimum atomic E-state index is 0.450. The Morgan fingerprint density at radius 2 is 2.00 bits per heavy atom. The average molecular weight is 243 g/mol. The number of pyridine rings is 1.